The zero-order valence-corrected chi connectivity index (χ0v) is 15.0. The lowest BCUT2D eigenvalue weighted by molar-refractivity contribution is -0.142. The number of carbonyl (C=O) groups is 3. The third-order valence-corrected chi connectivity index (χ3v) is 5.01. The van der Waals surface area contributed by atoms with Gasteiger partial charge in [-0.1, -0.05) is 19.1 Å². The number of ether oxygens (including phenoxy) is 1. The normalized spacial score (nSPS) is 22.2. The second-order valence-electron chi connectivity index (χ2n) is 6.87. The number of nitrogens with zero attached hydrogens (tertiary/aromatic N) is 2. The molecule has 2 unspecified atom stereocenters. The van der Waals surface area contributed by atoms with Gasteiger partial charge in [-0.2, -0.15) is 0 Å². The average molecular weight is 368 g/mol. The third-order valence-electron chi connectivity index (χ3n) is 5.01. The van der Waals surface area contributed by atoms with E-state index in [4.69, 9.17) is 9.15 Å². The van der Waals surface area contributed by atoms with Gasteiger partial charge in [0.05, 0.1) is 18.5 Å². The van der Waals surface area contributed by atoms with Crippen LogP contribution in [0.25, 0.3) is 0 Å². The highest BCUT2D eigenvalue weighted by atomic mass is 16.5. The number of amides is 2. The minimum atomic E-state index is -0.820. The molecule has 7 nitrogen and oxygen atoms in total. The Morgan fingerprint density at radius 1 is 1.11 bits per heavy atom. The summed E-state index contributed by atoms with van der Waals surface area (Å²) >= 11 is 0. The molecule has 2 aromatic rings. The molecular formula is C20H20N2O5. The highest BCUT2D eigenvalue weighted by molar-refractivity contribution is 6.06. The molecule has 1 fully saturated rings. The fourth-order valence-electron chi connectivity index (χ4n) is 3.51. The van der Waals surface area contributed by atoms with Crippen molar-refractivity contribution in [3.05, 3.63) is 48.4 Å². The fraction of sp³-hybridized carbons (Fsp3) is 0.350. The predicted molar refractivity (Wildman–Crippen MR) is 96.6 cm³/mol. The topological polar surface area (TPSA) is 80.1 Å². The van der Waals surface area contributed by atoms with Crippen LogP contribution in [0.2, 0.25) is 0 Å². The molecule has 0 bridgehead atoms. The van der Waals surface area contributed by atoms with E-state index < -0.39 is 6.10 Å². The van der Waals surface area contributed by atoms with Gasteiger partial charge in [-0.25, -0.2) is 0 Å². The Hall–Kier alpha value is -3.09. The molecule has 2 atom stereocenters. The van der Waals surface area contributed by atoms with Gasteiger partial charge in [0, 0.05) is 25.4 Å². The van der Waals surface area contributed by atoms with Crippen LogP contribution in [0.5, 0.6) is 5.75 Å². The van der Waals surface area contributed by atoms with E-state index in [1.165, 1.54) is 11.2 Å². The summed E-state index contributed by atoms with van der Waals surface area (Å²) < 4.78 is 11.1. The number of hydrogen-bond acceptors (Lipinski definition) is 5. The number of benzene rings is 1. The smallest absolute Gasteiger partial charge is 0.294 e. The van der Waals surface area contributed by atoms with E-state index in [1.807, 2.05) is 13.0 Å². The van der Waals surface area contributed by atoms with E-state index in [9.17, 15) is 14.4 Å². The van der Waals surface area contributed by atoms with Gasteiger partial charge in [-0.15, -0.1) is 0 Å². The van der Waals surface area contributed by atoms with E-state index in [0.717, 1.165) is 0 Å². The molecule has 1 saturated heterocycles. The van der Waals surface area contributed by atoms with Crippen LogP contribution >= 0.6 is 0 Å². The van der Waals surface area contributed by atoms with Crippen LogP contribution in [0.3, 0.4) is 0 Å². The molecule has 3 heterocycles. The first kappa shape index (κ1) is 17.3. The second kappa shape index (κ2) is 6.90. The van der Waals surface area contributed by atoms with Crippen molar-refractivity contribution in [1.82, 2.24) is 4.90 Å². The van der Waals surface area contributed by atoms with E-state index in [2.05, 4.69) is 0 Å². The summed E-state index contributed by atoms with van der Waals surface area (Å²) in [6.45, 7) is 2.68. The second-order valence-corrected chi connectivity index (χ2v) is 6.87. The Kier molecular flexibility index (Phi) is 4.43. The maximum Gasteiger partial charge on any atom is 0.294 e. The SMILES string of the molecule is CC1CN(C(=O)C2CN(C(=O)c3ccco3)c3ccccc3O2)CCC1=O. The standard InChI is InChI=1S/C20H20N2O5/c1-13-11-21(9-8-15(13)23)19(24)18-12-22(20(25)17-7-4-10-26-17)14-5-2-3-6-16(14)27-18/h2-7,10,13,18H,8-9,11-12H2,1H3. The van der Waals surface area contributed by atoms with Gasteiger partial charge in [0.1, 0.15) is 11.5 Å². The molecule has 1 aromatic heterocycles. The highest BCUT2D eigenvalue weighted by Crippen LogP contribution is 2.34. The lowest BCUT2D eigenvalue weighted by Gasteiger charge is -2.37. The number of piperidine rings is 1. The third kappa shape index (κ3) is 3.20. The van der Waals surface area contributed by atoms with Crippen molar-refractivity contribution >= 4 is 23.3 Å². The molecule has 2 aliphatic rings. The molecule has 0 spiro atoms. The maximum atomic E-state index is 13.0. The molecule has 4 rings (SSSR count). The quantitative estimate of drug-likeness (QED) is 0.811. The predicted octanol–water partition coefficient (Wildman–Crippen LogP) is 2.12. The van der Waals surface area contributed by atoms with Gasteiger partial charge in [-0.05, 0) is 24.3 Å². The van der Waals surface area contributed by atoms with E-state index in [0.29, 0.717) is 30.9 Å². The monoisotopic (exact) mass is 368 g/mol. The Morgan fingerprint density at radius 3 is 2.67 bits per heavy atom. The van der Waals surface area contributed by atoms with Crippen molar-refractivity contribution in [3.8, 4) is 5.75 Å². The molecule has 0 N–H and O–H groups in total. The molecule has 0 saturated carbocycles. The van der Waals surface area contributed by atoms with Gasteiger partial charge in [0.25, 0.3) is 11.8 Å². The number of fused-ring (bicyclic) bond motifs is 1. The average Bonchev–Trinajstić information content (AvgIpc) is 3.23. The van der Waals surface area contributed by atoms with Crippen LogP contribution in [0.4, 0.5) is 5.69 Å². The van der Waals surface area contributed by atoms with Gasteiger partial charge < -0.3 is 14.1 Å². The zero-order valence-electron chi connectivity index (χ0n) is 15.0. The summed E-state index contributed by atoms with van der Waals surface area (Å²) in [7, 11) is 0. The Balaban J connectivity index is 1.60. The number of furan rings is 1. The summed E-state index contributed by atoms with van der Waals surface area (Å²) in [5, 5.41) is 0. The van der Waals surface area contributed by atoms with Crippen LogP contribution in [-0.2, 0) is 9.59 Å². The lowest BCUT2D eigenvalue weighted by atomic mass is 9.98. The number of rotatable bonds is 2. The number of ketones is 1. The van der Waals surface area contributed by atoms with Crippen molar-refractivity contribution in [2.75, 3.05) is 24.5 Å². The highest BCUT2D eigenvalue weighted by Gasteiger charge is 2.38. The molecule has 2 aliphatic heterocycles. The first-order valence-corrected chi connectivity index (χ1v) is 8.97. The maximum absolute atomic E-state index is 13.0. The summed E-state index contributed by atoms with van der Waals surface area (Å²) in [5.41, 5.74) is 0.602. The summed E-state index contributed by atoms with van der Waals surface area (Å²) in [4.78, 5) is 40.8. The fourth-order valence-corrected chi connectivity index (χ4v) is 3.51. The Morgan fingerprint density at radius 2 is 1.93 bits per heavy atom. The number of carbonyl (C=O) groups excluding carboxylic acids is 3. The first-order valence-electron chi connectivity index (χ1n) is 8.97. The van der Waals surface area contributed by atoms with Crippen LogP contribution in [0, 0.1) is 5.92 Å². The number of para-hydroxylation sites is 2. The van der Waals surface area contributed by atoms with E-state index in [1.54, 1.807) is 35.2 Å². The molecule has 0 aliphatic carbocycles. The van der Waals surface area contributed by atoms with Crippen LogP contribution in [0.1, 0.15) is 23.9 Å². The van der Waals surface area contributed by atoms with Crippen molar-refractivity contribution in [2.45, 2.75) is 19.4 Å². The van der Waals surface area contributed by atoms with Gasteiger partial charge >= 0.3 is 0 Å². The molecule has 7 heteroatoms. The largest absolute Gasteiger partial charge is 0.476 e. The van der Waals surface area contributed by atoms with E-state index in [-0.39, 0.29) is 35.8 Å². The Bertz CT molecular complexity index is 876. The molecule has 27 heavy (non-hydrogen) atoms. The van der Waals surface area contributed by atoms with Crippen molar-refractivity contribution in [2.24, 2.45) is 5.92 Å². The summed E-state index contributed by atoms with van der Waals surface area (Å²) in [6, 6.07) is 10.4. The number of Topliss-reactive ketones (excluding diaryl/α,β-unsaturated/α-hetero) is 1. The summed E-state index contributed by atoms with van der Waals surface area (Å²) in [5.74, 6) is 0.137. The van der Waals surface area contributed by atoms with Crippen molar-refractivity contribution in [1.29, 1.82) is 0 Å². The summed E-state index contributed by atoms with van der Waals surface area (Å²) in [6.07, 6.45) is 0.971. The molecular weight excluding hydrogens is 348 g/mol. The molecule has 0 radical (unpaired) electrons. The number of hydrogen-bond donors (Lipinski definition) is 0. The van der Waals surface area contributed by atoms with Crippen molar-refractivity contribution in [3.63, 3.8) is 0 Å². The minimum absolute atomic E-state index is 0.0915. The number of likely N-dealkylation sites (tertiary alicyclic amines) is 1. The molecule has 1 aromatic carbocycles. The molecule has 140 valence electrons. The lowest BCUT2D eigenvalue weighted by Crippen LogP contribution is -2.54. The first-order chi connectivity index (χ1) is 13.0. The van der Waals surface area contributed by atoms with Gasteiger partial charge in [-0.3, -0.25) is 19.3 Å². The Labute approximate surface area is 156 Å². The van der Waals surface area contributed by atoms with Gasteiger partial charge in [0.2, 0.25) is 0 Å². The van der Waals surface area contributed by atoms with Gasteiger partial charge in [0.15, 0.2) is 11.9 Å². The van der Waals surface area contributed by atoms with E-state index >= 15 is 0 Å². The van der Waals surface area contributed by atoms with Crippen LogP contribution in [-0.4, -0.2) is 48.2 Å². The molecule has 2 amide bonds. The van der Waals surface area contributed by atoms with Crippen LogP contribution < -0.4 is 9.64 Å². The van der Waals surface area contributed by atoms with Crippen LogP contribution in [0.15, 0.2) is 47.1 Å². The van der Waals surface area contributed by atoms with Crippen molar-refractivity contribution < 1.29 is 23.5 Å². The zero-order chi connectivity index (χ0) is 19.0. The number of anilines is 1. The minimum Gasteiger partial charge on any atom is -0.476 e.